The smallest absolute Gasteiger partial charge is 0.313 e. The summed E-state index contributed by atoms with van der Waals surface area (Å²) in [5.41, 5.74) is 2.50. The van der Waals surface area contributed by atoms with Crippen molar-refractivity contribution in [2.24, 2.45) is 0 Å². The number of halogens is 1. The largest absolute Gasteiger partial charge is 0.495 e. The molecule has 1 heterocycles. The fraction of sp³-hybridized carbons (Fsp3) is 0.286. The van der Waals surface area contributed by atoms with Gasteiger partial charge in [0.2, 0.25) is 0 Å². The van der Waals surface area contributed by atoms with Crippen LogP contribution in [0.2, 0.25) is 5.02 Å². The average molecular weight is 327 g/mol. The number of thioether (sulfide) groups is 1. The van der Waals surface area contributed by atoms with Gasteiger partial charge >= 0.3 is 5.97 Å². The van der Waals surface area contributed by atoms with Crippen LogP contribution in [0.4, 0.5) is 0 Å². The Balaban J connectivity index is 2.51. The van der Waals surface area contributed by atoms with Crippen molar-refractivity contribution in [1.29, 1.82) is 0 Å². The summed E-state index contributed by atoms with van der Waals surface area (Å²) in [6.07, 6.45) is 1.84. The van der Waals surface area contributed by atoms with Gasteiger partial charge in [0.15, 0.2) is 5.16 Å². The maximum atomic E-state index is 10.7. The van der Waals surface area contributed by atoms with Crippen molar-refractivity contribution >= 4 is 29.3 Å². The molecule has 0 amide bonds. The third-order valence-electron chi connectivity index (χ3n) is 2.84. The van der Waals surface area contributed by atoms with E-state index in [9.17, 15) is 4.79 Å². The molecule has 0 unspecified atom stereocenters. The van der Waals surface area contributed by atoms with Gasteiger partial charge in [-0.1, -0.05) is 23.4 Å². The minimum absolute atomic E-state index is 0.0503. The Bertz CT molecular complexity index is 685. The molecule has 21 heavy (non-hydrogen) atoms. The maximum Gasteiger partial charge on any atom is 0.313 e. The average Bonchev–Trinajstić information content (AvgIpc) is 2.80. The fourth-order valence-corrected chi connectivity index (χ4v) is 2.78. The molecule has 0 saturated carbocycles. The molecule has 1 N–H and O–H groups in total. The number of nitrogens with zero attached hydrogens (tertiary/aromatic N) is 2. The highest BCUT2D eigenvalue weighted by Crippen LogP contribution is 2.32. The molecule has 0 aliphatic rings. The molecule has 112 valence electrons. The number of rotatable bonds is 5. The number of carbonyl (C=O) groups is 1. The number of carboxylic acid groups (broad SMARTS) is 1. The summed E-state index contributed by atoms with van der Waals surface area (Å²) in [6.45, 7) is 3.76. The van der Waals surface area contributed by atoms with E-state index < -0.39 is 5.97 Å². The van der Waals surface area contributed by atoms with E-state index in [1.54, 1.807) is 13.2 Å². The van der Waals surface area contributed by atoms with Gasteiger partial charge in [-0.15, -0.1) is 0 Å². The van der Waals surface area contributed by atoms with E-state index in [1.165, 1.54) is 0 Å². The zero-order chi connectivity index (χ0) is 15.6. The Kier molecular flexibility index (Phi) is 4.80. The first kappa shape index (κ1) is 15.7. The molecular weight excluding hydrogens is 312 g/mol. The second kappa shape index (κ2) is 6.41. The molecule has 0 fully saturated rings. The molecule has 7 heteroatoms. The molecule has 0 aliphatic heterocycles. The Labute approximate surface area is 131 Å². The highest BCUT2D eigenvalue weighted by atomic mass is 35.5. The number of imidazole rings is 1. The molecule has 1 aromatic heterocycles. The van der Waals surface area contributed by atoms with Crippen LogP contribution < -0.4 is 4.74 Å². The van der Waals surface area contributed by atoms with E-state index in [-0.39, 0.29) is 5.75 Å². The van der Waals surface area contributed by atoms with E-state index >= 15 is 0 Å². The maximum absolute atomic E-state index is 10.7. The Morgan fingerprint density at radius 3 is 2.81 bits per heavy atom. The zero-order valence-electron chi connectivity index (χ0n) is 11.9. The standard InChI is InChI=1S/C14H15ClN2O3S/c1-8-4-11(12(20-3)5-10(8)15)17-6-9(2)16-14(17)21-7-13(18)19/h4-6H,7H2,1-3H3,(H,18,19). The highest BCUT2D eigenvalue weighted by Gasteiger charge is 2.15. The Hall–Kier alpha value is -1.66. The lowest BCUT2D eigenvalue weighted by atomic mass is 10.2. The van der Waals surface area contributed by atoms with Gasteiger partial charge < -0.3 is 9.84 Å². The summed E-state index contributed by atoms with van der Waals surface area (Å²) in [5.74, 6) is -0.322. The van der Waals surface area contributed by atoms with E-state index in [0.29, 0.717) is 15.9 Å². The number of hydrogen-bond donors (Lipinski definition) is 1. The van der Waals surface area contributed by atoms with Gasteiger partial charge in [-0.05, 0) is 25.5 Å². The summed E-state index contributed by atoms with van der Waals surface area (Å²) < 4.78 is 7.19. The van der Waals surface area contributed by atoms with Crippen molar-refractivity contribution in [3.05, 3.63) is 34.6 Å². The summed E-state index contributed by atoms with van der Waals surface area (Å²) in [7, 11) is 1.57. The second-order valence-corrected chi connectivity index (χ2v) is 5.84. The van der Waals surface area contributed by atoms with Crippen LogP contribution in [-0.4, -0.2) is 33.5 Å². The van der Waals surface area contributed by atoms with Crippen molar-refractivity contribution in [3.63, 3.8) is 0 Å². The highest BCUT2D eigenvalue weighted by molar-refractivity contribution is 7.99. The lowest BCUT2D eigenvalue weighted by Gasteiger charge is -2.13. The molecule has 0 bridgehead atoms. The van der Waals surface area contributed by atoms with Gasteiger partial charge in [-0.25, -0.2) is 4.98 Å². The van der Waals surface area contributed by atoms with Crippen molar-refractivity contribution < 1.29 is 14.6 Å². The number of aromatic nitrogens is 2. The van der Waals surface area contributed by atoms with Crippen molar-refractivity contribution in [1.82, 2.24) is 9.55 Å². The molecular formula is C14H15ClN2O3S. The number of aliphatic carboxylic acids is 1. The number of ether oxygens (including phenoxy) is 1. The predicted molar refractivity (Wildman–Crippen MR) is 83.0 cm³/mol. The van der Waals surface area contributed by atoms with E-state index in [1.807, 2.05) is 30.7 Å². The summed E-state index contributed by atoms with van der Waals surface area (Å²) in [5, 5.41) is 10.0. The summed E-state index contributed by atoms with van der Waals surface area (Å²) in [4.78, 5) is 15.1. The SMILES string of the molecule is COc1cc(Cl)c(C)cc1-n1cc(C)nc1SCC(=O)O. The van der Waals surface area contributed by atoms with Crippen LogP contribution in [-0.2, 0) is 4.79 Å². The molecule has 0 spiro atoms. The zero-order valence-corrected chi connectivity index (χ0v) is 13.5. The van der Waals surface area contributed by atoms with Gasteiger partial charge in [0.25, 0.3) is 0 Å². The topological polar surface area (TPSA) is 64.4 Å². The molecule has 1 aromatic carbocycles. The van der Waals surface area contributed by atoms with Gasteiger partial charge in [0, 0.05) is 17.3 Å². The number of aryl methyl sites for hydroxylation is 2. The minimum atomic E-state index is -0.883. The van der Waals surface area contributed by atoms with Crippen LogP contribution in [0.3, 0.4) is 0 Å². The third-order valence-corrected chi connectivity index (χ3v) is 4.18. The quantitative estimate of drug-likeness (QED) is 0.854. The number of benzene rings is 1. The van der Waals surface area contributed by atoms with E-state index in [0.717, 1.165) is 28.7 Å². The molecule has 5 nitrogen and oxygen atoms in total. The molecule has 2 rings (SSSR count). The fourth-order valence-electron chi connectivity index (χ4n) is 1.88. The van der Waals surface area contributed by atoms with Crippen LogP contribution in [0.1, 0.15) is 11.3 Å². The first-order chi connectivity index (χ1) is 9.92. The summed E-state index contributed by atoms with van der Waals surface area (Å²) >= 11 is 7.28. The Morgan fingerprint density at radius 1 is 1.48 bits per heavy atom. The van der Waals surface area contributed by atoms with Crippen LogP contribution in [0, 0.1) is 13.8 Å². The molecule has 0 radical (unpaired) electrons. The monoisotopic (exact) mass is 326 g/mol. The molecule has 2 aromatic rings. The predicted octanol–water partition coefficient (Wildman–Crippen LogP) is 3.33. The third kappa shape index (κ3) is 3.51. The van der Waals surface area contributed by atoms with Gasteiger partial charge in [-0.3, -0.25) is 9.36 Å². The van der Waals surface area contributed by atoms with Gasteiger partial charge in [0.05, 0.1) is 24.2 Å². The molecule has 0 atom stereocenters. The van der Waals surface area contributed by atoms with Crippen LogP contribution in [0.5, 0.6) is 5.75 Å². The minimum Gasteiger partial charge on any atom is -0.495 e. The normalized spacial score (nSPS) is 10.7. The number of carboxylic acids is 1. The number of hydrogen-bond acceptors (Lipinski definition) is 4. The second-order valence-electron chi connectivity index (χ2n) is 4.49. The molecule has 0 aliphatic carbocycles. The summed E-state index contributed by atoms with van der Waals surface area (Å²) in [6, 6.07) is 3.64. The number of methoxy groups -OCH3 is 1. The van der Waals surface area contributed by atoms with E-state index in [2.05, 4.69) is 4.98 Å². The lowest BCUT2D eigenvalue weighted by Crippen LogP contribution is -2.03. The van der Waals surface area contributed by atoms with Gasteiger partial charge in [0.1, 0.15) is 5.75 Å². The first-order valence-electron chi connectivity index (χ1n) is 6.17. The Morgan fingerprint density at radius 2 is 2.19 bits per heavy atom. The van der Waals surface area contributed by atoms with Gasteiger partial charge in [-0.2, -0.15) is 0 Å². The van der Waals surface area contributed by atoms with Crippen LogP contribution in [0.15, 0.2) is 23.5 Å². The lowest BCUT2D eigenvalue weighted by molar-refractivity contribution is -0.133. The first-order valence-corrected chi connectivity index (χ1v) is 7.54. The van der Waals surface area contributed by atoms with Crippen LogP contribution >= 0.6 is 23.4 Å². The van der Waals surface area contributed by atoms with Crippen molar-refractivity contribution in [2.75, 3.05) is 12.9 Å². The van der Waals surface area contributed by atoms with Crippen molar-refractivity contribution in [2.45, 2.75) is 19.0 Å². The van der Waals surface area contributed by atoms with Crippen LogP contribution in [0.25, 0.3) is 5.69 Å². The van der Waals surface area contributed by atoms with Crippen molar-refractivity contribution in [3.8, 4) is 11.4 Å². The molecule has 0 saturated heterocycles. The van der Waals surface area contributed by atoms with E-state index in [4.69, 9.17) is 21.4 Å².